The second-order valence-corrected chi connectivity index (χ2v) is 1.92. The van der Waals surface area contributed by atoms with E-state index in [-0.39, 0.29) is 48.1 Å². The summed E-state index contributed by atoms with van der Waals surface area (Å²) in [7, 11) is 0. The van der Waals surface area contributed by atoms with Crippen molar-refractivity contribution in [3.8, 4) is 0 Å². The Bertz CT molecular complexity index is 41.6. The van der Waals surface area contributed by atoms with Gasteiger partial charge in [0.15, 0.2) is 0 Å². The fourth-order valence-corrected chi connectivity index (χ4v) is 0.144. The molecule has 15 heavy (non-hydrogen) atoms. The SMILES string of the molecule is CCCC[O-].CC[O-].CC[O-].CC[O-].[Ti+4]. The Kier molecular flexibility index (Phi) is 123. The van der Waals surface area contributed by atoms with Gasteiger partial charge in [-0.1, -0.05) is 40.5 Å². The first-order valence-electron chi connectivity index (χ1n) is 4.98. The van der Waals surface area contributed by atoms with Crippen LogP contribution in [0.5, 0.6) is 0 Å². The summed E-state index contributed by atoms with van der Waals surface area (Å²) < 4.78 is 0. The van der Waals surface area contributed by atoms with Crippen molar-refractivity contribution < 1.29 is 42.1 Å². The predicted molar refractivity (Wildman–Crippen MR) is 51.4 cm³/mol. The molecule has 5 heteroatoms. The van der Waals surface area contributed by atoms with Crippen LogP contribution in [-0.4, -0.2) is 26.4 Å². The molecular formula is C10H24O4Ti. The molecule has 0 atom stereocenters. The normalized spacial score (nSPS) is 6.40. The third-order valence-electron chi connectivity index (χ3n) is 0.498. The number of rotatable bonds is 2. The summed E-state index contributed by atoms with van der Waals surface area (Å²) in [6.45, 7) is 6.81. The molecule has 92 valence electrons. The summed E-state index contributed by atoms with van der Waals surface area (Å²) in [4.78, 5) is 0. The van der Waals surface area contributed by atoms with E-state index in [1.165, 1.54) is 0 Å². The minimum absolute atomic E-state index is 0. The number of hydrogen-bond donors (Lipinski definition) is 0. The maximum absolute atomic E-state index is 9.53. The molecule has 0 aliphatic heterocycles. The van der Waals surface area contributed by atoms with Crippen molar-refractivity contribution in [3.63, 3.8) is 0 Å². The van der Waals surface area contributed by atoms with E-state index in [1.54, 1.807) is 20.8 Å². The zero-order valence-electron chi connectivity index (χ0n) is 10.4. The maximum Gasteiger partial charge on any atom is 4.00 e. The van der Waals surface area contributed by atoms with E-state index >= 15 is 0 Å². The first-order chi connectivity index (χ1) is 6.66. The summed E-state index contributed by atoms with van der Waals surface area (Å²) >= 11 is 0. The van der Waals surface area contributed by atoms with Crippen molar-refractivity contribution in [3.05, 3.63) is 0 Å². The second kappa shape index (κ2) is 62.2. The summed E-state index contributed by atoms with van der Waals surface area (Å²) in [6, 6.07) is 0. The smallest absolute Gasteiger partial charge is 0.855 e. The van der Waals surface area contributed by atoms with E-state index in [0.29, 0.717) is 0 Å². The van der Waals surface area contributed by atoms with Gasteiger partial charge in [-0.3, -0.25) is 0 Å². The minimum atomic E-state index is 0. The zero-order valence-corrected chi connectivity index (χ0v) is 11.9. The molecule has 4 nitrogen and oxygen atoms in total. The molecule has 0 heterocycles. The third kappa shape index (κ3) is 352. The largest absolute Gasteiger partial charge is 4.00 e. The van der Waals surface area contributed by atoms with Gasteiger partial charge in [-0.25, -0.2) is 0 Å². The molecular weight excluding hydrogens is 232 g/mol. The van der Waals surface area contributed by atoms with E-state index in [4.69, 9.17) is 15.3 Å². The van der Waals surface area contributed by atoms with Crippen molar-refractivity contribution >= 4 is 0 Å². The Balaban J connectivity index is -0.0000000300. The molecule has 0 saturated heterocycles. The molecule has 0 N–H and O–H groups in total. The average Bonchev–Trinajstić information content (AvgIpc) is 2.09. The summed E-state index contributed by atoms with van der Waals surface area (Å²) in [6.07, 6.45) is 1.86. The van der Waals surface area contributed by atoms with Gasteiger partial charge in [-0.15, -0.1) is 26.4 Å². The van der Waals surface area contributed by atoms with Crippen LogP contribution in [0, 0.1) is 0 Å². The van der Waals surface area contributed by atoms with Gasteiger partial charge in [0.25, 0.3) is 0 Å². The predicted octanol–water partition coefficient (Wildman–Crippen LogP) is -1.76. The fourth-order valence-electron chi connectivity index (χ4n) is 0.144. The Labute approximate surface area is 109 Å². The van der Waals surface area contributed by atoms with E-state index in [0.717, 1.165) is 12.8 Å². The van der Waals surface area contributed by atoms with Gasteiger partial charge in [-0.2, -0.15) is 0 Å². The fraction of sp³-hybridized carbons (Fsp3) is 1.00. The molecule has 0 rings (SSSR count). The van der Waals surface area contributed by atoms with E-state index in [9.17, 15) is 5.11 Å². The molecule has 0 aromatic heterocycles. The molecule has 0 radical (unpaired) electrons. The molecule has 0 aliphatic rings. The monoisotopic (exact) mass is 256 g/mol. The molecule has 0 unspecified atom stereocenters. The van der Waals surface area contributed by atoms with Crippen LogP contribution < -0.4 is 20.4 Å². The molecule has 0 fully saturated rings. The van der Waals surface area contributed by atoms with Crippen molar-refractivity contribution in [1.29, 1.82) is 0 Å². The Morgan fingerprint density at radius 1 is 0.667 bits per heavy atom. The summed E-state index contributed by atoms with van der Waals surface area (Å²) in [5.74, 6) is 0. The molecule has 0 bridgehead atoms. The molecule has 0 spiro atoms. The van der Waals surface area contributed by atoms with E-state index in [2.05, 4.69) is 0 Å². The molecule has 0 aromatic carbocycles. The quantitative estimate of drug-likeness (QED) is 0.547. The molecule has 0 saturated carbocycles. The summed E-state index contributed by atoms with van der Waals surface area (Å²) in [5.41, 5.74) is 0. The van der Waals surface area contributed by atoms with Gasteiger partial charge in [0.05, 0.1) is 0 Å². The zero-order chi connectivity index (χ0) is 12.2. The van der Waals surface area contributed by atoms with Crippen molar-refractivity contribution in [2.24, 2.45) is 0 Å². The second-order valence-electron chi connectivity index (χ2n) is 1.92. The van der Waals surface area contributed by atoms with Crippen molar-refractivity contribution in [1.82, 2.24) is 0 Å². The molecule has 0 aromatic rings. The van der Waals surface area contributed by atoms with Crippen LogP contribution in [0.2, 0.25) is 0 Å². The van der Waals surface area contributed by atoms with Gasteiger partial charge in [0, 0.05) is 0 Å². The average molecular weight is 256 g/mol. The van der Waals surface area contributed by atoms with Gasteiger partial charge < -0.3 is 20.4 Å². The van der Waals surface area contributed by atoms with Gasteiger partial charge >= 0.3 is 21.7 Å². The number of hydrogen-bond acceptors (Lipinski definition) is 4. The Morgan fingerprint density at radius 2 is 0.867 bits per heavy atom. The Morgan fingerprint density at radius 3 is 0.867 bits per heavy atom. The van der Waals surface area contributed by atoms with Crippen LogP contribution in [0.3, 0.4) is 0 Å². The van der Waals surface area contributed by atoms with E-state index in [1.807, 2.05) is 6.92 Å². The maximum atomic E-state index is 9.53. The van der Waals surface area contributed by atoms with Crippen LogP contribution >= 0.6 is 0 Å². The molecule has 0 aliphatic carbocycles. The van der Waals surface area contributed by atoms with Crippen LogP contribution in [0.4, 0.5) is 0 Å². The standard InChI is InChI=1S/C4H9O.3C2H5O.Ti/c1-2-3-4-5;3*1-2-3;/h2-4H2,1H3;3*2H2,1H3;/q4*-1;+4. The van der Waals surface area contributed by atoms with Gasteiger partial charge in [0.2, 0.25) is 0 Å². The minimum Gasteiger partial charge on any atom is -0.855 e. The topological polar surface area (TPSA) is 92.2 Å². The molecule has 0 amide bonds. The van der Waals surface area contributed by atoms with Crippen LogP contribution in [0.25, 0.3) is 0 Å². The van der Waals surface area contributed by atoms with Gasteiger partial charge in [0.1, 0.15) is 0 Å². The van der Waals surface area contributed by atoms with Crippen molar-refractivity contribution in [2.75, 3.05) is 26.4 Å². The first kappa shape index (κ1) is 29.6. The Hall–Kier alpha value is 0.554. The van der Waals surface area contributed by atoms with Gasteiger partial charge in [-0.05, 0) is 0 Å². The number of unbranched alkanes of at least 4 members (excludes halogenated alkanes) is 1. The van der Waals surface area contributed by atoms with Crippen molar-refractivity contribution in [2.45, 2.75) is 40.5 Å². The first-order valence-corrected chi connectivity index (χ1v) is 4.98. The van der Waals surface area contributed by atoms with Crippen LogP contribution in [-0.2, 0) is 21.7 Å². The van der Waals surface area contributed by atoms with Crippen LogP contribution in [0.1, 0.15) is 40.5 Å². The van der Waals surface area contributed by atoms with E-state index < -0.39 is 0 Å². The van der Waals surface area contributed by atoms with Crippen LogP contribution in [0.15, 0.2) is 0 Å². The summed E-state index contributed by atoms with van der Waals surface area (Å²) in [5, 5.41) is 36.3. The third-order valence-corrected chi connectivity index (χ3v) is 0.498.